The molecule has 0 amide bonds. The molecule has 2 N–H and O–H groups in total. The molecule has 19 heavy (non-hydrogen) atoms. The van der Waals surface area contributed by atoms with Crippen molar-refractivity contribution in [3.8, 4) is 0 Å². The maximum atomic E-state index is 6.16. The van der Waals surface area contributed by atoms with E-state index in [2.05, 4.69) is 54.9 Å². The average molecular weight is 259 g/mol. The third kappa shape index (κ3) is 2.60. The van der Waals surface area contributed by atoms with E-state index in [9.17, 15) is 0 Å². The number of nitrogens with zero attached hydrogens (tertiary/aromatic N) is 2. The van der Waals surface area contributed by atoms with Crippen molar-refractivity contribution in [3.05, 3.63) is 29.8 Å². The highest BCUT2D eigenvalue weighted by Gasteiger charge is 2.40. The predicted molar refractivity (Wildman–Crippen MR) is 82.7 cm³/mol. The molecule has 0 saturated heterocycles. The van der Waals surface area contributed by atoms with Crippen LogP contribution in [0.3, 0.4) is 0 Å². The van der Waals surface area contributed by atoms with Crippen molar-refractivity contribution in [2.75, 3.05) is 11.4 Å². The van der Waals surface area contributed by atoms with E-state index in [1.54, 1.807) is 0 Å². The van der Waals surface area contributed by atoms with Crippen LogP contribution >= 0.6 is 0 Å². The summed E-state index contributed by atoms with van der Waals surface area (Å²) in [4.78, 5) is 6.78. The largest absolute Gasteiger partial charge is 0.369 e. The monoisotopic (exact) mass is 259 g/mol. The van der Waals surface area contributed by atoms with Gasteiger partial charge in [-0.05, 0) is 37.5 Å². The van der Waals surface area contributed by atoms with E-state index in [4.69, 9.17) is 5.73 Å². The zero-order valence-electron chi connectivity index (χ0n) is 12.3. The second-order valence-electron chi connectivity index (χ2n) is 5.53. The van der Waals surface area contributed by atoms with Crippen molar-refractivity contribution < 1.29 is 0 Å². The van der Waals surface area contributed by atoms with E-state index in [0.717, 1.165) is 19.4 Å². The molecule has 3 nitrogen and oxygen atoms in total. The molecule has 1 aromatic carbocycles. The molecule has 2 rings (SSSR count). The number of unbranched alkanes of at least 4 members (excludes halogenated alkanes) is 1. The number of aryl methyl sites for hydroxylation is 1. The van der Waals surface area contributed by atoms with Gasteiger partial charge in [0.1, 0.15) is 0 Å². The van der Waals surface area contributed by atoms with E-state index in [-0.39, 0.29) is 5.54 Å². The lowest BCUT2D eigenvalue weighted by atomic mass is 9.88. The van der Waals surface area contributed by atoms with Gasteiger partial charge in [-0.15, -0.1) is 0 Å². The highest BCUT2D eigenvalue weighted by molar-refractivity contribution is 5.98. The first-order chi connectivity index (χ1) is 9.13. The van der Waals surface area contributed by atoms with Gasteiger partial charge in [-0.2, -0.15) is 0 Å². The summed E-state index contributed by atoms with van der Waals surface area (Å²) >= 11 is 0. The second-order valence-corrected chi connectivity index (χ2v) is 5.53. The lowest BCUT2D eigenvalue weighted by molar-refractivity contribution is 0.394. The topological polar surface area (TPSA) is 41.6 Å². The summed E-state index contributed by atoms with van der Waals surface area (Å²) in [5.41, 5.74) is 8.68. The summed E-state index contributed by atoms with van der Waals surface area (Å²) in [6, 6.07) is 8.55. The van der Waals surface area contributed by atoms with Crippen LogP contribution in [0.2, 0.25) is 0 Å². The Morgan fingerprint density at radius 1 is 1.37 bits per heavy atom. The van der Waals surface area contributed by atoms with Crippen LogP contribution in [0.15, 0.2) is 29.3 Å². The Morgan fingerprint density at radius 3 is 2.79 bits per heavy atom. The number of benzene rings is 1. The van der Waals surface area contributed by atoms with E-state index in [0.29, 0.717) is 5.96 Å². The number of hydrogen-bond donors (Lipinski definition) is 1. The Hall–Kier alpha value is -1.51. The third-order valence-corrected chi connectivity index (χ3v) is 4.15. The Bertz CT molecular complexity index is 467. The molecule has 104 valence electrons. The lowest BCUT2D eigenvalue weighted by Crippen LogP contribution is -2.51. The maximum absolute atomic E-state index is 6.16. The van der Waals surface area contributed by atoms with Gasteiger partial charge in [-0.3, -0.25) is 4.99 Å². The second kappa shape index (κ2) is 5.64. The normalized spacial score (nSPS) is 22.7. The summed E-state index contributed by atoms with van der Waals surface area (Å²) in [5.74, 6) is 0.670. The van der Waals surface area contributed by atoms with Gasteiger partial charge < -0.3 is 10.6 Å². The molecular formula is C16H25N3. The summed E-state index contributed by atoms with van der Waals surface area (Å²) in [6.07, 6.45) is 4.66. The number of guanidine groups is 1. The first-order valence-corrected chi connectivity index (χ1v) is 7.30. The number of aliphatic imine (C=N–C) groups is 1. The first-order valence-electron chi connectivity index (χ1n) is 7.30. The zero-order chi connectivity index (χ0) is 13.9. The lowest BCUT2D eigenvalue weighted by Gasteiger charge is -2.39. The Morgan fingerprint density at radius 2 is 2.16 bits per heavy atom. The summed E-state index contributed by atoms with van der Waals surface area (Å²) in [6.45, 7) is 7.42. The van der Waals surface area contributed by atoms with Crippen LogP contribution in [0.4, 0.5) is 5.69 Å². The zero-order valence-corrected chi connectivity index (χ0v) is 12.3. The molecule has 1 aliphatic rings. The molecule has 0 fully saturated rings. The number of hydrogen-bond acceptors (Lipinski definition) is 3. The fourth-order valence-corrected chi connectivity index (χ4v) is 2.93. The number of rotatable bonds is 5. The van der Waals surface area contributed by atoms with E-state index >= 15 is 0 Å². The molecule has 0 saturated carbocycles. The molecule has 1 unspecified atom stereocenters. The van der Waals surface area contributed by atoms with Gasteiger partial charge in [-0.1, -0.05) is 38.8 Å². The Balaban J connectivity index is 2.35. The standard InChI is InChI=1S/C16H25N3/c1-4-6-10-16(5-2)12-18-15(17)19(16)14-9-7-8-13(3)11-14/h7-9,11H,4-6,10,12H2,1-3H3,(H2,17,18). The molecule has 3 heteroatoms. The van der Waals surface area contributed by atoms with Gasteiger partial charge in [0.25, 0.3) is 0 Å². The van der Waals surface area contributed by atoms with Gasteiger partial charge in [0.05, 0.1) is 12.1 Å². The molecule has 0 aliphatic carbocycles. The molecule has 0 aromatic heterocycles. The summed E-state index contributed by atoms with van der Waals surface area (Å²) in [5, 5.41) is 0. The SMILES string of the molecule is CCCCC1(CC)CN=C(N)N1c1cccc(C)c1. The van der Waals surface area contributed by atoms with Gasteiger partial charge in [-0.25, -0.2) is 0 Å². The van der Waals surface area contributed by atoms with Gasteiger partial charge in [0.15, 0.2) is 5.96 Å². The van der Waals surface area contributed by atoms with E-state index in [1.165, 1.54) is 24.1 Å². The minimum atomic E-state index is 0.0773. The molecular weight excluding hydrogens is 234 g/mol. The minimum absolute atomic E-state index is 0.0773. The van der Waals surface area contributed by atoms with Gasteiger partial charge in [0, 0.05) is 5.69 Å². The van der Waals surface area contributed by atoms with Crippen LogP contribution < -0.4 is 10.6 Å². The summed E-state index contributed by atoms with van der Waals surface area (Å²) < 4.78 is 0. The Labute approximate surface area is 116 Å². The smallest absolute Gasteiger partial charge is 0.196 e. The van der Waals surface area contributed by atoms with Crippen molar-refractivity contribution >= 4 is 11.6 Å². The number of anilines is 1. The van der Waals surface area contributed by atoms with E-state index in [1.807, 2.05) is 0 Å². The van der Waals surface area contributed by atoms with E-state index < -0.39 is 0 Å². The fourth-order valence-electron chi connectivity index (χ4n) is 2.93. The Kier molecular flexibility index (Phi) is 4.13. The van der Waals surface area contributed by atoms with Gasteiger partial charge in [0.2, 0.25) is 0 Å². The highest BCUT2D eigenvalue weighted by atomic mass is 15.4. The van der Waals surface area contributed by atoms with Crippen LogP contribution in [-0.4, -0.2) is 18.0 Å². The summed E-state index contributed by atoms with van der Waals surface area (Å²) in [7, 11) is 0. The van der Waals surface area contributed by atoms with Crippen molar-refractivity contribution in [1.29, 1.82) is 0 Å². The molecule has 1 atom stereocenters. The molecule has 1 heterocycles. The van der Waals surface area contributed by atoms with Crippen LogP contribution in [0.25, 0.3) is 0 Å². The molecule has 0 bridgehead atoms. The van der Waals surface area contributed by atoms with Crippen LogP contribution in [-0.2, 0) is 0 Å². The van der Waals surface area contributed by atoms with Crippen molar-refractivity contribution in [2.45, 2.75) is 52.0 Å². The number of nitrogens with two attached hydrogens (primary N) is 1. The quantitative estimate of drug-likeness (QED) is 0.879. The molecule has 0 spiro atoms. The first kappa shape index (κ1) is 13.9. The van der Waals surface area contributed by atoms with Crippen molar-refractivity contribution in [2.24, 2.45) is 10.7 Å². The highest BCUT2D eigenvalue weighted by Crippen LogP contribution is 2.35. The van der Waals surface area contributed by atoms with Crippen LogP contribution in [0, 0.1) is 6.92 Å². The molecule has 1 aliphatic heterocycles. The van der Waals surface area contributed by atoms with Crippen molar-refractivity contribution in [3.63, 3.8) is 0 Å². The van der Waals surface area contributed by atoms with Crippen LogP contribution in [0.5, 0.6) is 0 Å². The molecule has 0 radical (unpaired) electrons. The predicted octanol–water partition coefficient (Wildman–Crippen LogP) is 3.47. The molecule has 1 aromatic rings. The van der Waals surface area contributed by atoms with Crippen molar-refractivity contribution in [1.82, 2.24) is 0 Å². The van der Waals surface area contributed by atoms with Crippen LogP contribution in [0.1, 0.15) is 45.1 Å². The maximum Gasteiger partial charge on any atom is 0.196 e. The minimum Gasteiger partial charge on any atom is -0.369 e. The van der Waals surface area contributed by atoms with Gasteiger partial charge >= 0.3 is 0 Å². The fraction of sp³-hybridized carbons (Fsp3) is 0.562. The average Bonchev–Trinajstić information content (AvgIpc) is 2.74. The third-order valence-electron chi connectivity index (χ3n) is 4.15.